The fourth-order valence-corrected chi connectivity index (χ4v) is 2.88. The van der Waals surface area contributed by atoms with Crippen LogP contribution in [0.15, 0.2) is 48.7 Å². The van der Waals surface area contributed by atoms with Gasteiger partial charge in [-0.15, -0.1) is 0 Å². The molecule has 0 unspecified atom stereocenters. The van der Waals surface area contributed by atoms with Crippen molar-refractivity contribution in [1.82, 2.24) is 14.9 Å². The number of aromatic nitrogens is 2. The molecule has 2 heterocycles. The van der Waals surface area contributed by atoms with Crippen molar-refractivity contribution in [2.24, 2.45) is 0 Å². The molecule has 0 aliphatic heterocycles. The van der Waals surface area contributed by atoms with Gasteiger partial charge in [0.25, 0.3) is 5.91 Å². The Morgan fingerprint density at radius 1 is 1.28 bits per heavy atom. The first kappa shape index (κ1) is 17.3. The van der Waals surface area contributed by atoms with E-state index in [1.807, 2.05) is 18.2 Å². The summed E-state index contributed by atoms with van der Waals surface area (Å²) in [6, 6.07) is 13.5. The molecule has 1 aromatic carbocycles. The largest absolute Gasteiger partial charge is 0.494 e. The standard InChI is InChI=1S/C19H20ClN3O2/c1-19(2,13-7-5-4-6-8-13)12-21-18(24)15-10-16-17(25-3)9-14(20)11-23(16)22-15/h4-11H,12H2,1-3H3,(H,21,24). The summed E-state index contributed by atoms with van der Waals surface area (Å²) in [6.07, 6.45) is 1.64. The molecule has 0 atom stereocenters. The molecular formula is C19H20ClN3O2. The second-order valence-corrected chi connectivity index (χ2v) is 6.96. The van der Waals surface area contributed by atoms with Gasteiger partial charge < -0.3 is 10.1 Å². The van der Waals surface area contributed by atoms with Gasteiger partial charge in [0.05, 0.1) is 12.1 Å². The molecule has 0 bridgehead atoms. The topological polar surface area (TPSA) is 55.6 Å². The molecule has 6 heteroatoms. The van der Waals surface area contributed by atoms with E-state index in [0.717, 1.165) is 0 Å². The van der Waals surface area contributed by atoms with Gasteiger partial charge in [0.1, 0.15) is 11.3 Å². The van der Waals surface area contributed by atoms with Gasteiger partial charge in [-0.3, -0.25) is 4.79 Å². The molecule has 3 rings (SSSR count). The molecule has 3 aromatic rings. The lowest BCUT2D eigenvalue weighted by Crippen LogP contribution is -2.36. The number of rotatable bonds is 5. The van der Waals surface area contributed by atoms with Crippen molar-refractivity contribution in [1.29, 1.82) is 0 Å². The summed E-state index contributed by atoms with van der Waals surface area (Å²) in [6.45, 7) is 4.69. The van der Waals surface area contributed by atoms with Gasteiger partial charge in [-0.1, -0.05) is 55.8 Å². The molecular weight excluding hydrogens is 338 g/mol. The van der Waals surface area contributed by atoms with Crippen LogP contribution in [0.1, 0.15) is 29.9 Å². The number of benzene rings is 1. The van der Waals surface area contributed by atoms with Crippen LogP contribution >= 0.6 is 11.6 Å². The van der Waals surface area contributed by atoms with Crippen molar-refractivity contribution in [3.8, 4) is 5.75 Å². The van der Waals surface area contributed by atoms with E-state index in [4.69, 9.17) is 16.3 Å². The number of carbonyl (C=O) groups is 1. The monoisotopic (exact) mass is 357 g/mol. The molecule has 0 radical (unpaired) electrons. The zero-order chi connectivity index (χ0) is 18.0. The number of fused-ring (bicyclic) bond motifs is 1. The summed E-state index contributed by atoms with van der Waals surface area (Å²) in [4.78, 5) is 12.5. The number of ether oxygens (including phenoxy) is 1. The lowest BCUT2D eigenvalue weighted by Gasteiger charge is -2.25. The molecule has 0 aliphatic rings. The van der Waals surface area contributed by atoms with Gasteiger partial charge in [-0.05, 0) is 5.56 Å². The molecule has 2 aromatic heterocycles. The molecule has 1 amide bonds. The van der Waals surface area contributed by atoms with Crippen molar-refractivity contribution in [3.05, 3.63) is 64.9 Å². The number of nitrogens with one attached hydrogen (secondary N) is 1. The number of methoxy groups -OCH3 is 1. The van der Waals surface area contributed by atoms with Crippen LogP contribution in [0.3, 0.4) is 0 Å². The van der Waals surface area contributed by atoms with Gasteiger partial charge >= 0.3 is 0 Å². The summed E-state index contributed by atoms with van der Waals surface area (Å²) < 4.78 is 6.85. The number of nitrogens with zero attached hydrogens (tertiary/aromatic N) is 2. The van der Waals surface area contributed by atoms with Gasteiger partial charge in [-0.2, -0.15) is 5.10 Å². The van der Waals surface area contributed by atoms with Crippen molar-refractivity contribution in [2.75, 3.05) is 13.7 Å². The molecule has 0 saturated carbocycles. The van der Waals surface area contributed by atoms with Crippen LogP contribution < -0.4 is 10.1 Å². The summed E-state index contributed by atoms with van der Waals surface area (Å²) in [5.41, 5.74) is 2.00. The average Bonchev–Trinajstić information content (AvgIpc) is 3.03. The van der Waals surface area contributed by atoms with E-state index in [1.54, 1.807) is 30.0 Å². The van der Waals surface area contributed by atoms with Crippen LogP contribution in [-0.4, -0.2) is 29.2 Å². The highest BCUT2D eigenvalue weighted by atomic mass is 35.5. The smallest absolute Gasteiger partial charge is 0.271 e. The Morgan fingerprint density at radius 3 is 2.68 bits per heavy atom. The molecule has 130 valence electrons. The third-order valence-corrected chi connectivity index (χ3v) is 4.41. The highest BCUT2D eigenvalue weighted by molar-refractivity contribution is 6.30. The van der Waals surface area contributed by atoms with E-state index in [-0.39, 0.29) is 11.3 Å². The van der Waals surface area contributed by atoms with Crippen LogP contribution in [0.4, 0.5) is 0 Å². The lowest BCUT2D eigenvalue weighted by molar-refractivity contribution is 0.0940. The van der Waals surface area contributed by atoms with Crippen molar-refractivity contribution in [2.45, 2.75) is 19.3 Å². The minimum Gasteiger partial charge on any atom is -0.494 e. The van der Waals surface area contributed by atoms with Gasteiger partial charge in [-0.25, -0.2) is 4.52 Å². The van der Waals surface area contributed by atoms with Gasteiger partial charge in [0.15, 0.2) is 5.69 Å². The third-order valence-electron chi connectivity index (χ3n) is 4.20. The third kappa shape index (κ3) is 3.61. The Kier molecular flexibility index (Phi) is 4.68. The highest BCUT2D eigenvalue weighted by Crippen LogP contribution is 2.25. The zero-order valence-electron chi connectivity index (χ0n) is 14.4. The van der Waals surface area contributed by atoms with Gasteiger partial charge in [0.2, 0.25) is 0 Å². The van der Waals surface area contributed by atoms with Crippen LogP contribution in [-0.2, 0) is 5.41 Å². The Hall–Kier alpha value is -2.53. The number of hydrogen-bond acceptors (Lipinski definition) is 3. The van der Waals surface area contributed by atoms with Crippen LogP contribution in [0.2, 0.25) is 5.02 Å². The summed E-state index contributed by atoms with van der Waals surface area (Å²) in [5.74, 6) is 0.342. The fraction of sp³-hybridized carbons (Fsp3) is 0.263. The molecule has 0 saturated heterocycles. The van der Waals surface area contributed by atoms with E-state index in [1.165, 1.54) is 5.56 Å². The van der Waals surface area contributed by atoms with Crippen LogP contribution in [0.5, 0.6) is 5.75 Å². The van der Waals surface area contributed by atoms with Crippen molar-refractivity contribution in [3.63, 3.8) is 0 Å². The maximum absolute atomic E-state index is 12.5. The Balaban J connectivity index is 1.79. The molecule has 5 nitrogen and oxygen atoms in total. The first-order chi connectivity index (χ1) is 11.9. The highest BCUT2D eigenvalue weighted by Gasteiger charge is 2.22. The molecule has 1 N–H and O–H groups in total. The number of carbonyl (C=O) groups excluding carboxylic acids is 1. The van der Waals surface area contributed by atoms with E-state index >= 15 is 0 Å². The Bertz CT molecular complexity index is 904. The first-order valence-corrected chi connectivity index (χ1v) is 8.35. The summed E-state index contributed by atoms with van der Waals surface area (Å²) in [7, 11) is 1.56. The zero-order valence-corrected chi connectivity index (χ0v) is 15.2. The Morgan fingerprint density at radius 2 is 2.00 bits per heavy atom. The van der Waals surface area contributed by atoms with Crippen molar-refractivity contribution >= 4 is 23.0 Å². The molecule has 0 fully saturated rings. The summed E-state index contributed by atoms with van der Waals surface area (Å²) >= 11 is 6.04. The number of hydrogen-bond donors (Lipinski definition) is 1. The van der Waals surface area contributed by atoms with E-state index in [0.29, 0.717) is 28.5 Å². The first-order valence-electron chi connectivity index (χ1n) is 7.97. The molecule has 0 spiro atoms. The van der Waals surface area contributed by atoms with Crippen molar-refractivity contribution < 1.29 is 9.53 Å². The predicted octanol–water partition coefficient (Wildman–Crippen LogP) is 3.70. The number of amides is 1. The number of pyridine rings is 1. The lowest BCUT2D eigenvalue weighted by atomic mass is 9.84. The SMILES string of the molecule is COc1cc(Cl)cn2nc(C(=O)NCC(C)(C)c3ccccc3)cc12. The quantitative estimate of drug-likeness (QED) is 0.757. The normalized spacial score (nSPS) is 11.5. The van der Waals surface area contributed by atoms with E-state index < -0.39 is 0 Å². The van der Waals surface area contributed by atoms with E-state index in [2.05, 4.69) is 36.4 Å². The van der Waals surface area contributed by atoms with Gasteiger partial charge in [0, 0.05) is 30.3 Å². The minimum atomic E-state index is -0.231. The average molecular weight is 358 g/mol. The van der Waals surface area contributed by atoms with Crippen LogP contribution in [0, 0.1) is 0 Å². The molecule has 0 aliphatic carbocycles. The second kappa shape index (κ2) is 6.76. The fourth-order valence-electron chi connectivity index (χ4n) is 2.69. The van der Waals surface area contributed by atoms with E-state index in [9.17, 15) is 4.79 Å². The maximum Gasteiger partial charge on any atom is 0.271 e. The predicted molar refractivity (Wildman–Crippen MR) is 98.6 cm³/mol. The number of halogens is 1. The van der Waals surface area contributed by atoms with Crippen LogP contribution in [0.25, 0.3) is 5.52 Å². The maximum atomic E-state index is 12.5. The summed E-state index contributed by atoms with van der Waals surface area (Å²) in [5, 5.41) is 7.75. The second-order valence-electron chi connectivity index (χ2n) is 6.52. The Labute approximate surface area is 151 Å². The molecule has 25 heavy (non-hydrogen) atoms. The minimum absolute atomic E-state index is 0.183.